The van der Waals surface area contributed by atoms with Gasteiger partial charge in [0.25, 0.3) is 0 Å². The fourth-order valence-electron chi connectivity index (χ4n) is 3.94. The van der Waals surface area contributed by atoms with Crippen LogP contribution in [0.25, 0.3) is 0 Å². The quantitative estimate of drug-likeness (QED) is 0.813. The summed E-state index contributed by atoms with van der Waals surface area (Å²) in [5, 5.41) is 3.02. The Labute approximate surface area is 133 Å². The fraction of sp³-hybridized carbons (Fsp3) is 0.526. The average molecular weight is 296 g/mol. The molecule has 1 aliphatic heterocycles. The molecule has 0 spiro atoms. The Bertz CT molecular complexity index is 569. The lowest BCUT2D eigenvalue weighted by atomic mass is 9.83. The summed E-state index contributed by atoms with van der Waals surface area (Å²) in [6, 6.07) is 7.95. The number of urea groups is 1. The molecule has 116 valence electrons. The number of amides is 2. The van der Waals surface area contributed by atoms with Crippen molar-refractivity contribution < 1.29 is 4.79 Å². The topological polar surface area (TPSA) is 32.3 Å². The van der Waals surface area contributed by atoms with Crippen LogP contribution >= 0.6 is 0 Å². The molecule has 1 atom stereocenters. The minimum atomic E-state index is 0.0299. The minimum Gasteiger partial charge on any atom is -0.321 e. The predicted molar refractivity (Wildman–Crippen MR) is 89.7 cm³/mol. The summed E-state index contributed by atoms with van der Waals surface area (Å²) in [7, 11) is 0. The molecule has 3 heteroatoms. The second-order valence-corrected chi connectivity index (χ2v) is 6.46. The van der Waals surface area contributed by atoms with Gasteiger partial charge in [-0.1, -0.05) is 31.2 Å². The van der Waals surface area contributed by atoms with Crippen LogP contribution < -0.4 is 5.32 Å². The lowest BCUT2D eigenvalue weighted by molar-refractivity contribution is 0.166. The molecule has 1 unspecified atom stereocenters. The summed E-state index contributed by atoms with van der Waals surface area (Å²) in [5.41, 5.74) is 1.58. The van der Waals surface area contributed by atoms with Gasteiger partial charge in [0.2, 0.25) is 0 Å². The number of terminal acetylenes is 1. The summed E-state index contributed by atoms with van der Waals surface area (Å²) in [6.45, 7) is 0.877. The summed E-state index contributed by atoms with van der Waals surface area (Å²) in [6.07, 6.45) is 14.3. The fourth-order valence-corrected chi connectivity index (χ4v) is 3.94. The van der Waals surface area contributed by atoms with Crippen molar-refractivity contribution in [1.82, 2.24) is 4.90 Å². The lowest BCUT2D eigenvalue weighted by Gasteiger charge is -2.34. The molecular formula is C19H24N2O. The van der Waals surface area contributed by atoms with Crippen LogP contribution in [0, 0.1) is 18.3 Å². The molecule has 2 fully saturated rings. The minimum absolute atomic E-state index is 0.0299. The average Bonchev–Trinajstić information content (AvgIpc) is 3.05. The normalized spacial score (nSPS) is 22.3. The predicted octanol–water partition coefficient (Wildman–Crippen LogP) is 4.24. The molecule has 1 N–H and O–H groups in total. The molecule has 2 aliphatic rings. The maximum atomic E-state index is 12.6. The van der Waals surface area contributed by atoms with Crippen molar-refractivity contribution >= 4 is 11.7 Å². The third kappa shape index (κ3) is 3.27. The highest BCUT2D eigenvalue weighted by atomic mass is 16.2. The Balaban J connectivity index is 1.66. The number of rotatable bonds is 2. The summed E-state index contributed by atoms with van der Waals surface area (Å²) < 4.78 is 0. The Kier molecular flexibility index (Phi) is 4.68. The number of carbonyl (C=O) groups is 1. The van der Waals surface area contributed by atoms with Crippen molar-refractivity contribution in [2.75, 3.05) is 11.9 Å². The maximum Gasteiger partial charge on any atom is 0.322 e. The Morgan fingerprint density at radius 2 is 2.00 bits per heavy atom. The smallest absolute Gasteiger partial charge is 0.321 e. The first-order chi connectivity index (χ1) is 10.8. The first-order valence-corrected chi connectivity index (χ1v) is 8.42. The number of anilines is 1. The third-order valence-electron chi connectivity index (χ3n) is 5.03. The highest BCUT2D eigenvalue weighted by Gasteiger charge is 2.35. The standard InChI is InChI=1S/C19H24N2O/c1-2-15-8-6-11-17(14-15)20-19(22)21-13-7-12-18(21)16-9-4-3-5-10-16/h1,6,8,11,14,16,18H,3-5,7,9-10,12-13H2,(H,20,22). The SMILES string of the molecule is C#Cc1cccc(NC(=O)N2CCCC2C2CCCCC2)c1. The first-order valence-electron chi connectivity index (χ1n) is 8.42. The van der Waals surface area contributed by atoms with E-state index in [1.54, 1.807) is 0 Å². The second kappa shape index (κ2) is 6.87. The van der Waals surface area contributed by atoms with Gasteiger partial charge < -0.3 is 10.2 Å². The molecule has 1 aromatic carbocycles. The molecule has 1 heterocycles. The van der Waals surface area contributed by atoms with Gasteiger partial charge in [-0.2, -0.15) is 0 Å². The van der Waals surface area contributed by atoms with E-state index in [1.165, 1.54) is 32.1 Å². The second-order valence-electron chi connectivity index (χ2n) is 6.46. The van der Waals surface area contributed by atoms with E-state index in [1.807, 2.05) is 24.3 Å². The molecular weight excluding hydrogens is 272 g/mol. The molecule has 1 saturated heterocycles. The van der Waals surface area contributed by atoms with Crippen LogP contribution in [-0.4, -0.2) is 23.5 Å². The zero-order valence-corrected chi connectivity index (χ0v) is 13.1. The van der Waals surface area contributed by atoms with E-state index in [9.17, 15) is 4.79 Å². The van der Waals surface area contributed by atoms with E-state index in [0.29, 0.717) is 12.0 Å². The van der Waals surface area contributed by atoms with Crippen LogP contribution in [0.1, 0.15) is 50.5 Å². The van der Waals surface area contributed by atoms with Crippen LogP contribution in [0.2, 0.25) is 0 Å². The van der Waals surface area contributed by atoms with Crippen LogP contribution in [-0.2, 0) is 0 Å². The Hall–Kier alpha value is -1.95. The van der Waals surface area contributed by atoms with Gasteiger partial charge in [-0.15, -0.1) is 6.42 Å². The van der Waals surface area contributed by atoms with Crippen molar-refractivity contribution in [3.63, 3.8) is 0 Å². The molecule has 3 rings (SSSR count). The molecule has 1 aromatic rings. The van der Waals surface area contributed by atoms with E-state index in [2.05, 4.69) is 16.1 Å². The summed E-state index contributed by atoms with van der Waals surface area (Å²) >= 11 is 0. The number of nitrogens with one attached hydrogen (secondary N) is 1. The lowest BCUT2D eigenvalue weighted by Crippen LogP contribution is -2.43. The molecule has 0 radical (unpaired) electrons. The van der Waals surface area contributed by atoms with Crippen molar-refractivity contribution in [3.8, 4) is 12.3 Å². The van der Waals surface area contributed by atoms with E-state index < -0.39 is 0 Å². The van der Waals surface area contributed by atoms with Crippen molar-refractivity contribution in [2.45, 2.75) is 51.0 Å². The number of likely N-dealkylation sites (tertiary alicyclic amines) is 1. The van der Waals surface area contributed by atoms with E-state index in [4.69, 9.17) is 6.42 Å². The number of nitrogens with zero attached hydrogens (tertiary/aromatic N) is 1. The van der Waals surface area contributed by atoms with Gasteiger partial charge in [0, 0.05) is 23.8 Å². The summed E-state index contributed by atoms with van der Waals surface area (Å²) in [5.74, 6) is 3.30. The van der Waals surface area contributed by atoms with Crippen LogP contribution in [0.5, 0.6) is 0 Å². The highest BCUT2D eigenvalue weighted by molar-refractivity contribution is 5.90. The van der Waals surface area contributed by atoms with Crippen LogP contribution in [0.4, 0.5) is 10.5 Å². The molecule has 1 saturated carbocycles. The van der Waals surface area contributed by atoms with E-state index in [-0.39, 0.29) is 6.03 Å². The van der Waals surface area contributed by atoms with E-state index in [0.717, 1.165) is 30.6 Å². The van der Waals surface area contributed by atoms with Gasteiger partial charge in [-0.05, 0) is 49.8 Å². The van der Waals surface area contributed by atoms with Crippen molar-refractivity contribution in [1.29, 1.82) is 0 Å². The molecule has 2 amide bonds. The van der Waals surface area contributed by atoms with Gasteiger partial charge in [-0.3, -0.25) is 0 Å². The first kappa shape index (κ1) is 15.0. The molecule has 0 aromatic heterocycles. The monoisotopic (exact) mass is 296 g/mol. The Morgan fingerprint density at radius 1 is 1.18 bits per heavy atom. The van der Waals surface area contributed by atoms with Gasteiger partial charge >= 0.3 is 6.03 Å². The van der Waals surface area contributed by atoms with Crippen LogP contribution in [0.15, 0.2) is 24.3 Å². The number of benzene rings is 1. The van der Waals surface area contributed by atoms with E-state index >= 15 is 0 Å². The maximum absolute atomic E-state index is 12.6. The van der Waals surface area contributed by atoms with Crippen molar-refractivity contribution in [2.24, 2.45) is 5.92 Å². The van der Waals surface area contributed by atoms with Crippen LogP contribution in [0.3, 0.4) is 0 Å². The zero-order valence-electron chi connectivity index (χ0n) is 13.1. The molecule has 0 bridgehead atoms. The molecule has 22 heavy (non-hydrogen) atoms. The molecule has 1 aliphatic carbocycles. The van der Waals surface area contributed by atoms with Crippen molar-refractivity contribution in [3.05, 3.63) is 29.8 Å². The largest absolute Gasteiger partial charge is 0.322 e. The summed E-state index contributed by atoms with van der Waals surface area (Å²) in [4.78, 5) is 14.7. The Morgan fingerprint density at radius 3 is 2.77 bits per heavy atom. The van der Waals surface area contributed by atoms with Gasteiger partial charge in [0.1, 0.15) is 0 Å². The van der Waals surface area contributed by atoms with Gasteiger partial charge in [0.05, 0.1) is 0 Å². The molecule has 3 nitrogen and oxygen atoms in total. The number of hydrogen-bond donors (Lipinski definition) is 1. The third-order valence-corrected chi connectivity index (χ3v) is 5.03. The highest BCUT2D eigenvalue weighted by Crippen LogP contribution is 2.34. The zero-order chi connectivity index (χ0) is 15.4. The van der Waals surface area contributed by atoms with Gasteiger partial charge in [-0.25, -0.2) is 4.79 Å². The number of hydrogen-bond acceptors (Lipinski definition) is 1. The van der Waals surface area contributed by atoms with Gasteiger partial charge in [0.15, 0.2) is 0 Å². The number of carbonyl (C=O) groups excluding carboxylic acids is 1.